The Kier molecular flexibility index (Phi) is 5.73. The number of methoxy groups -OCH3 is 1. The molecule has 2 aromatic rings. The van der Waals surface area contributed by atoms with Crippen LogP contribution in [-0.2, 0) is 9.53 Å². The molecule has 1 unspecified atom stereocenters. The first-order valence-electron chi connectivity index (χ1n) is 8.76. The molecule has 3 rings (SSSR count). The van der Waals surface area contributed by atoms with E-state index in [1.165, 1.54) is 0 Å². The van der Waals surface area contributed by atoms with Crippen LogP contribution >= 0.6 is 0 Å². The van der Waals surface area contributed by atoms with Gasteiger partial charge in [-0.1, -0.05) is 24.3 Å². The van der Waals surface area contributed by atoms with Crippen molar-refractivity contribution in [3.63, 3.8) is 0 Å². The Balaban J connectivity index is 1.77. The van der Waals surface area contributed by atoms with Crippen LogP contribution in [0.15, 0.2) is 36.4 Å². The van der Waals surface area contributed by atoms with Gasteiger partial charge >= 0.3 is 5.97 Å². The maximum absolute atomic E-state index is 12.7. The van der Waals surface area contributed by atoms with Crippen molar-refractivity contribution in [1.29, 1.82) is 0 Å². The van der Waals surface area contributed by atoms with Crippen LogP contribution in [0.4, 0.5) is 0 Å². The number of carboxylic acids is 1. The minimum absolute atomic E-state index is 0.0224. The molecule has 0 bridgehead atoms. The van der Waals surface area contributed by atoms with Crippen molar-refractivity contribution in [3.05, 3.63) is 42.0 Å². The molecule has 138 valence electrons. The Hall–Kier alpha value is -2.60. The summed E-state index contributed by atoms with van der Waals surface area (Å²) in [5, 5.41) is 14.0. The highest BCUT2D eigenvalue weighted by molar-refractivity contribution is 6.08. The quantitative estimate of drug-likeness (QED) is 0.830. The van der Waals surface area contributed by atoms with E-state index in [1.807, 2.05) is 24.3 Å². The van der Waals surface area contributed by atoms with E-state index in [1.54, 1.807) is 19.2 Å². The molecule has 2 N–H and O–H groups in total. The number of hydrogen-bond donors (Lipinski definition) is 2. The lowest BCUT2D eigenvalue weighted by Gasteiger charge is -2.27. The maximum Gasteiger partial charge on any atom is 0.308 e. The molecule has 1 aliphatic heterocycles. The summed E-state index contributed by atoms with van der Waals surface area (Å²) < 4.78 is 10.7. The average molecular weight is 357 g/mol. The van der Waals surface area contributed by atoms with Crippen LogP contribution in [0.1, 0.15) is 23.2 Å². The third-order valence-electron chi connectivity index (χ3n) is 4.98. The van der Waals surface area contributed by atoms with Gasteiger partial charge in [-0.15, -0.1) is 0 Å². The standard InChI is InChI=1S/C20H23NO5/c1-25-18-7-6-16(14-4-2-3-5-15(14)18)19(22)21-12-17(20(23)24)13-8-10-26-11-9-13/h2-7,13,17H,8-12H2,1H3,(H,21,22)(H,23,24). The number of ether oxygens (including phenoxy) is 2. The average Bonchev–Trinajstić information content (AvgIpc) is 2.67. The number of rotatable bonds is 6. The molecule has 1 heterocycles. The molecule has 6 heteroatoms. The first-order chi connectivity index (χ1) is 12.6. The summed E-state index contributed by atoms with van der Waals surface area (Å²) in [6.45, 7) is 1.26. The lowest BCUT2D eigenvalue weighted by molar-refractivity contribution is -0.144. The minimum Gasteiger partial charge on any atom is -0.496 e. The maximum atomic E-state index is 12.7. The van der Waals surface area contributed by atoms with Gasteiger partial charge in [0.05, 0.1) is 13.0 Å². The first kappa shape index (κ1) is 18.2. The van der Waals surface area contributed by atoms with Gasteiger partial charge in [0.25, 0.3) is 5.91 Å². The lowest BCUT2D eigenvalue weighted by atomic mass is 9.86. The van der Waals surface area contributed by atoms with Crippen molar-refractivity contribution in [2.75, 3.05) is 26.9 Å². The fourth-order valence-corrected chi connectivity index (χ4v) is 3.52. The van der Waals surface area contributed by atoms with Crippen molar-refractivity contribution >= 4 is 22.6 Å². The zero-order valence-electron chi connectivity index (χ0n) is 14.7. The number of hydrogen-bond acceptors (Lipinski definition) is 4. The number of amides is 1. The molecule has 0 spiro atoms. The fraction of sp³-hybridized carbons (Fsp3) is 0.400. The summed E-state index contributed by atoms with van der Waals surface area (Å²) in [5.74, 6) is -1.04. The zero-order valence-corrected chi connectivity index (χ0v) is 14.7. The number of carboxylic acid groups (broad SMARTS) is 1. The second-order valence-corrected chi connectivity index (χ2v) is 6.47. The summed E-state index contributed by atoms with van der Waals surface area (Å²) >= 11 is 0. The highest BCUT2D eigenvalue weighted by Gasteiger charge is 2.30. The lowest BCUT2D eigenvalue weighted by Crippen LogP contribution is -2.39. The van der Waals surface area contributed by atoms with E-state index in [0.29, 0.717) is 37.4 Å². The van der Waals surface area contributed by atoms with E-state index in [-0.39, 0.29) is 18.4 Å². The Morgan fingerprint density at radius 1 is 1.19 bits per heavy atom. The third-order valence-corrected chi connectivity index (χ3v) is 4.98. The second kappa shape index (κ2) is 8.19. The predicted octanol–water partition coefficient (Wildman–Crippen LogP) is 2.71. The Labute approximate surface area is 152 Å². The van der Waals surface area contributed by atoms with E-state index in [4.69, 9.17) is 9.47 Å². The summed E-state index contributed by atoms with van der Waals surface area (Å²) in [6, 6.07) is 11.0. The zero-order chi connectivity index (χ0) is 18.5. The molecular weight excluding hydrogens is 334 g/mol. The molecule has 1 amide bonds. The van der Waals surface area contributed by atoms with Crippen LogP contribution in [0.3, 0.4) is 0 Å². The number of nitrogens with one attached hydrogen (secondary N) is 1. The molecule has 1 fully saturated rings. The van der Waals surface area contributed by atoms with Crippen molar-refractivity contribution in [2.45, 2.75) is 12.8 Å². The second-order valence-electron chi connectivity index (χ2n) is 6.47. The topological polar surface area (TPSA) is 84.9 Å². The molecule has 1 aliphatic rings. The Morgan fingerprint density at radius 2 is 1.88 bits per heavy atom. The number of benzene rings is 2. The van der Waals surface area contributed by atoms with Crippen LogP contribution in [0.25, 0.3) is 10.8 Å². The molecule has 1 saturated heterocycles. The Bertz CT molecular complexity index is 798. The van der Waals surface area contributed by atoms with Crippen molar-refractivity contribution in [2.24, 2.45) is 11.8 Å². The van der Waals surface area contributed by atoms with Crippen molar-refractivity contribution < 1.29 is 24.2 Å². The highest BCUT2D eigenvalue weighted by atomic mass is 16.5. The van der Waals surface area contributed by atoms with Gasteiger partial charge in [0.2, 0.25) is 0 Å². The van der Waals surface area contributed by atoms with E-state index in [2.05, 4.69) is 5.32 Å². The number of aliphatic carboxylic acids is 1. The molecule has 2 aromatic carbocycles. The smallest absolute Gasteiger partial charge is 0.308 e. The number of carbonyl (C=O) groups excluding carboxylic acids is 1. The molecule has 6 nitrogen and oxygen atoms in total. The van der Waals surface area contributed by atoms with Gasteiger partial charge in [0.15, 0.2) is 0 Å². The molecule has 0 aromatic heterocycles. The molecule has 1 atom stereocenters. The normalized spacial score (nSPS) is 16.2. The van der Waals surface area contributed by atoms with Gasteiger partial charge in [-0.2, -0.15) is 0 Å². The summed E-state index contributed by atoms with van der Waals surface area (Å²) in [7, 11) is 1.59. The molecule has 0 aliphatic carbocycles. The van der Waals surface area contributed by atoms with Crippen LogP contribution in [0, 0.1) is 11.8 Å². The predicted molar refractivity (Wildman–Crippen MR) is 97.5 cm³/mol. The van der Waals surface area contributed by atoms with E-state index < -0.39 is 11.9 Å². The summed E-state index contributed by atoms with van der Waals surface area (Å²) in [5.41, 5.74) is 0.512. The van der Waals surface area contributed by atoms with E-state index >= 15 is 0 Å². The third kappa shape index (κ3) is 3.80. The SMILES string of the molecule is COc1ccc(C(=O)NCC(C(=O)O)C2CCOCC2)c2ccccc12. The molecule has 0 saturated carbocycles. The van der Waals surface area contributed by atoms with Gasteiger partial charge in [-0.25, -0.2) is 0 Å². The summed E-state index contributed by atoms with van der Waals surface area (Å²) in [6.07, 6.45) is 1.41. The molecule has 0 radical (unpaired) electrons. The Morgan fingerprint density at radius 3 is 2.54 bits per heavy atom. The van der Waals surface area contributed by atoms with Gasteiger partial charge in [0, 0.05) is 30.7 Å². The van der Waals surface area contributed by atoms with Gasteiger partial charge in [0.1, 0.15) is 5.75 Å². The summed E-state index contributed by atoms with van der Waals surface area (Å²) in [4.78, 5) is 24.3. The van der Waals surface area contributed by atoms with Crippen molar-refractivity contribution in [3.8, 4) is 5.75 Å². The molecular formula is C20H23NO5. The van der Waals surface area contributed by atoms with Crippen LogP contribution in [0.2, 0.25) is 0 Å². The van der Waals surface area contributed by atoms with E-state index in [0.717, 1.165) is 10.8 Å². The van der Waals surface area contributed by atoms with E-state index in [9.17, 15) is 14.7 Å². The van der Waals surface area contributed by atoms with Gasteiger partial charge < -0.3 is 19.9 Å². The molecule has 26 heavy (non-hydrogen) atoms. The minimum atomic E-state index is -0.878. The largest absolute Gasteiger partial charge is 0.496 e. The highest BCUT2D eigenvalue weighted by Crippen LogP contribution is 2.28. The number of fused-ring (bicyclic) bond motifs is 1. The van der Waals surface area contributed by atoms with Gasteiger partial charge in [-0.05, 0) is 36.3 Å². The van der Waals surface area contributed by atoms with Crippen LogP contribution < -0.4 is 10.1 Å². The van der Waals surface area contributed by atoms with Gasteiger partial charge in [-0.3, -0.25) is 9.59 Å². The number of carbonyl (C=O) groups is 2. The fourth-order valence-electron chi connectivity index (χ4n) is 3.52. The van der Waals surface area contributed by atoms with Crippen LogP contribution in [0.5, 0.6) is 5.75 Å². The monoisotopic (exact) mass is 357 g/mol. The van der Waals surface area contributed by atoms with Crippen molar-refractivity contribution in [1.82, 2.24) is 5.32 Å². The first-order valence-corrected chi connectivity index (χ1v) is 8.76. The van der Waals surface area contributed by atoms with Crippen LogP contribution in [-0.4, -0.2) is 43.9 Å².